The highest BCUT2D eigenvalue weighted by Gasteiger charge is 2.30. The molecule has 2 aliphatic rings. The van der Waals surface area contributed by atoms with Gasteiger partial charge in [-0.1, -0.05) is 11.6 Å². The van der Waals surface area contributed by atoms with Gasteiger partial charge >= 0.3 is 0 Å². The second kappa shape index (κ2) is 5.10. The number of hydrogen-bond donors (Lipinski definition) is 1. The van der Waals surface area contributed by atoms with Gasteiger partial charge in [-0.3, -0.25) is 0 Å². The second-order valence-electron chi connectivity index (χ2n) is 5.72. The minimum Gasteiger partial charge on any atom is -0.392 e. The highest BCUT2D eigenvalue weighted by atomic mass is 35.5. The number of hydrogen-bond acceptors (Lipinski definition) is 2. The summed E-state index contributed by atoms with van der Waals surface area (Å²) in [5.41, 5.74) is 2.14. The van der Waals surface area contributed by atoms with Crippen molar-refractivity contribution in [2.45, 2.75) is 32.3 Å². The van der Waals surface area contributed by atoms with Gasteiger partial charge < -0.3 is 10.0 Å². The monoisotopic (exact) mass is 265 g/mol. The van der Waals surface area contributed by atoms with Crippen LogP contribution in [0.3, 0.4) is 0 Å². The lowest BCUT2D eigenvalue weighted by atomic mass is 10.1. The summed E-state index contributed by atoms with van der Waals surface area (Å²) in [7, 11) is 0. The van der Waals surface area contributed by atoms with Crippen molar-refractivity contribution in [1.29, 1.82) is 0 Å². The van der Waals surface area contributed by atoms with Crippen molar-refractivity contribution in [3.8, 4) is 0 Å². The molecule has 0 amide bonds. The lowest BCUT2D eigenvalue weighted by Crippen LogP contribution is -2.29. The van der Waals surface area contributed by atoms with Crippen LogP contribution in [0, 0.1) is 11.8 Å². The Balaban J connectivity index is 1.81. The Hall–Kier alpha value is -0.730. The summed E-state index contributed by atoms with van der Waals surface area (Å²) < 4.78 is 0. The normalized spacial score (nSPS) is 19.0. The fraction of sp³-hybridized carbons (Fsp3) is 0.600. The number of rotatable bonds is 6. The van der Waals surface area contributed by atoms with Crippen molar-refractivity contribution in [2.24, 2.45) is 11.8 Å². The predicted octanol–water partition coefficient (Wildman–Crippen LogP) is 3.46. The van der Waals surface area contributed by atoms with Crippen LogP contribution in [-0.4, -0.2) is 18.2 Å². The fourth-order valence-corrected chi connectivity index (χ4v) is 2.68. The fourth-order valence-electron chi connectivity index (χ4n) is 2.48. The smallest absolute Gasteiger partial charge is 0.0702 e. The summed E-state index contributed by atoms with van der Waals surface area (Å²) in [6, 6.07) is 5.89. The molecule has 2 aliphatic carbocycles. The third-order valence-electron chi connectivity index (χ3n) is 3.90. The molecule has 98 valence electrons. The van der Waals surface area contributed by atoms with Crippen LogP contribution in [-0.2, 0) is 6.61 Å². The molecule has 0 unspecified atom stereocenters. The average Bonchev–Trinajstić information content (AvgIpc) is 3.23. The molecule has 0 spiro atoms. The molecule has 0 atom stereocenters. The number of aliphatic hydroxyl groups excluding tert-OH is 1. The third-order valence-corrected chi connectivity index (χ3v) is 4.14. The Labute approximate surface area is 114 Å². The zero-order valence-electron chi connectivity index (χ0n) is 10.6. The predicted molar refractivity (Wildman–Crippen MR) is 75.0 cm³/mol. The summed E-state index contributed by atoms with van der Waals surface area (Å²) in [5.74, 6) is 1.73. The van der Waals surface area contributed by atoms with E-state index < -0.39 is 0 Å². The van der Waals surface area contributed by atoms with Crippen LogP contribution in [0.1, 0.15) is 31.2 Å². The molecule has 1 aromatic carbocycles. The van der Waals surface area contributed by atoms with Gasteiger partial charge in [-0.15, -0.1) is 0 Å². The Morgan fingerprint density at radius 2 is 1.72 bits per heavy atom. The van der Waals surface area contributed by atoms with Crippen LogP contribution < -0.4 is 4.90 Å². The number of halogens is 1. The number of benzene rings is 1. The maximum absolute atomic E-state index is 9.51. The molecule has 0 heterocycles. The molecule has 0 radical (unpaired) electrons. The minimum atomic E-state index is 0.0712. The molecular weight excluding hydrogens is 246 g/mol. The molecular formula is C15H20ClNO. The summed E-state index contributed by atoms with van der Waals surface area (Å²) in [6.07, 6.45) is 5.46. The van der Waals surface area contributed by atoms with E-state index in [2.05, 4.69) is 11.0 Å². The van der Waals surface area contributed by atoms with E-state index in [9.17, 15) is 5.11 Å². The molecule has 18 heavy (non-hydrogen) atoms. The van der Waals surface area contributed by atoms with Gasteiger partial charge in [0.25, 0.3) is 0 Å². The van der Waals surface area contributed by atoms with Crippen LogP contribution in [0.2, 0.25) is 5.02 Å². The molecule has 2 fully saturated rings. The first-order valence-corrected chi connectivity index (χ1v) is 7.28. The molecule has 3 heteroatoms. The van der Waals surface area contributed by atoms with E-state index in [1.165, 1.54) is 31.4 Å². The maximum Gasteiger partial charge on any atom is 0.0702 e. The molecule has 1 N–H and O–H groups in total. The van der Waals surface area contributed by atoms with Gasteiger partial charge in [0, 0.05) is 29.4 Å². The van der Waals surface area contributed by atoms with Crippen molar-refractivity contribution in [3.63, 3.8) is 0 Å². The lowest BCUT2D eigenvalue weighted by molar-refractivity contribution is 0.282. The van der Waals surface area contributed by atoms with E-state index in [0.717, 1.165) is 30.5 Å². The number of nitrogens with zero attached hydrogens (tertiary/aromatic N) is 1. The Kier molecular flexibility index (Phi) is 3.49. The first-order valence-electron chi connectivity index (χ1n) is 6.90. The molecule has 0 saturated heterocycles. The number of anilines is 1. The second-order valence-corrected chi connectivity index (χ2v) is 6.16. The summed E-state index contributed by atoms with van der Waals surface area (Å²) in [6.45, 7) is 2.36. The van der Waals surface area contributed by atoms with Gasteiger partial charge in [0.1, 0.15) is 0 Å². The molecule has 2 saturated carbocycles. The van der Waals surface area contributed by atoms with Crippen molar-refractivity contribution < 1.29 is 5.11 Å². The molecule has 1 aromatic rings. The van der Waals surface area contributed by atoms with Gasteiger partial charge in [0.2, 0.25) is 0 Å². The molecule has 0 bridgehead atoms. The van der Waals surface area contributed by atoms with Crippen LogP contribution in [0.15, 0.2) is 18.2 Å². The largest absolute Gasteiger partial charge is 0.392 e. The topological polar surface area (TPSA) is 23.5 Å². The van der Waals surface area contributed by atoms with E-state index in [1.54, 1.807) is 0 Å². The average molecular weight is 266 g/mol. The van der Waals surface area contributed by atoms with Gasteiger partial charge in [-0.05, 0) is 55.7 Å². The molecule has 0 aromatic heterocycles. The first kappa shape index (κ1) is 12.3. The summed E-state index contributed by atoms with van der Waals surface area (Å²) in [5, 5.41) is 10.2. The van der Waals surface area contributed by atoms with Gasteiger partial charge in [0.15, 0.2) is 0 Å². The van der Waals surface area contributed by atoms with E-state index in [-0.39, 0.29) is 6.61 Å². The van der Waals surface area contributed by atoms with Crippen molar-refractivity contribution in [3.05, 3.63) is 28.8 Å². The van der Waals surface area contributed by atoms with Crippen LogP contribution in [0.5, 0.6) is 0 Å². The van der Waals surface area contributed by atoms with Crippen molar-refractivity contribution in [2.75, 3.05) is 18.0 Å². The minimum absolute atomic E-state index is 0.0712. The highest BCUT2D eigenvalue weighted by Crippen LogP contribution is 2.37. The highest BCUT2D eigenvalue weighted by molar-refractivity contribution is 6.30. The molecule has 0 aliphatic heterocycles. The Morgan fingerprint density at radius 3 is 2.22 bits per heavy atom. The standard InChI is InChI=1S/C15H20ClNO/c16-14-5-6-15(13(7-14)10-18)17(8-11-1-2-11)9-12-3-4-12/h5-7,11-12,18H,1-4,8-10H2. The maximum atomic E-state index is 9.51. The van der Waals surface area contributed by atoms with E-state index >= 15 is 0 Å². The SMILES string of the molecule is OCc1cc(Cl)ccc1N(CC1CC1)CC1CC1. The third kappa shape index (κ3) is 2.99. The van der Waals surface area contributed by atoms with Gasteiger partial charge in [0.05, 0.1) is 6.61 Å². The van der Waals surface area contributed by atoms with Gasteiger partial charge in [-0.25, -0.2) is 0 Å². The molecule has 2 nitrogen and oxygen atoms in total. The van der Waals surface area contributed by atoms with E-state index in [1.807, 2.05) is 12.1 Å². The summed E-state index contributed by atoms with van der Waals surface area (Å²) >= 11 is 6.01. The quantitative estimate of drug-likeness (QED) is 0.852. The van der Waals surface area contributed by atoms with Crippen LogP contribution in [0.4, 0.5) is 5.69 Å². The Morgan fingerprint density at radius 1 is 1.11 bits per heavy atom. The zero-order chi connectivity index (χ0) is 12.5. The van der Waals surface area contributed by atoms with Crippen LogP contribution >= 0.6 is 11.6 Å². The first-order chi connectivity index (χ1) is 8.76. The van der Waals surface area contributed by atoms with Crippen molar-refractivity contribution >= 4 is 17.3 Å². The van der Waals surface area contributed by atoms with Crippen LogP contribution in [0.25, 0.3) is 0 Å². The van der Waals surface area contributed by atoms with Crippen molar-refractivity contribution in [1.82, 2.24) is 0 Å². The van der Waals surface area contributed by atoms with E-state index in [0.29, 0.717) is 5.02 Å². The lowest BCUT2D eigenvalue weighted by Gasteiger charge is -2.27. The number of aliphatic hydroxyl groups is 1. The summed E-state index contributed by atoms with van der Waals surface area (Å²) in [4.78, 5) is 2.47. The zero-order valence-corrected chi connectivity index (χ0v) is 11.4. The van der Waals surface area contributed by atoms with E-state index in [4.69, 9.17) is 11.6 Å². The molecule has 3 rings (SSSR count). The van der Waals surface area contributed by atoms with Gasteiger partial charge in [-0.2, -0.15) is 0 Å². The Bertz CT molecular complexity index is 413.